The minimum Gasteiger partial charge on any atom is -0.243 e. The molecule has 0 spiro atoms. The summed E-state index contributed by atoms with van der Waals surface area (Å²) < 4.78 is 14.1. The van der Waals surface area contributed by atoms with Crippen molar-refractivity contribution in [3.8, 4) is 0 Å². The Balaban J connectivity index is 2.36. The van der Waals surface area contributed by atoms with Gasteiger partial charge in [0.1, 0.15) is 5.67 Å². The van der Waals surface area contributed by atoms with Crippen LogP contribution < -0.4 is 0 Å². The van der Waals surface area contributed by atoms with Crippen molar-refractivity contribution in [2.75, 3.05) is 0 Å². The first-order chi connectivity index (χ1) is 4.96. The molecule has 0 aliphatic heterocycles. The fraction of sp³-hybridized carbons (Fsp3) is 1.00. The molecule has 64 valence electrons. The van der Waals surface area contributed by atoms with E-state index in [2.05, 4.69) is 13.8 Å². The summed E-state index contributed by atoms with van der Waals surface area (Å²) in [5, 5.41) is 0. The molecule has 11 heavy (non-hydrogen) atoms. The standard InChI is InChI=1S/C10H17F/c1-9(2)7-4-5-8(6-7)10(9,3)11/h7-8H,4-6H2,1-3H3/t7-,8+,10-/m0/s1. The minimum absolute atomic E-state index is 0.0596. The Morgan fingerprint density at radius 1 is 1.09 bits per heavy atom. The molecular formula is C10H17F. The molecule has 0 heterocycles. The zero-order valence-electron chi connectivity index (χ0n) is 7.65. The van der Waals surface area contributed by atoms with E-state index in [1.54, 1.807) is 6.92 Å². The summed E-state index contributed by atoms with van der Waals surface area (Å²) in [7, 11) is 0. The van der Waals surface area contributed by atoms with Gasteiger partial charge in [-0.3, -0.25) is 0 Å². The highest BCUT2D eigenvalue weighted by Crippen LogP contribution is 2.62. The van der Waals surface area contributed by atoms with Crippen molar-refractivity contribution in [3.05, 3.63) is 0 Å². The van der Waals surface area contributed by atoms with Crippen LogP contribution in [0.4, 0.5) is 4.39 Å². The summed E-state index contributed by atoms with van der Waals surface area (Å²) in [6.07, 6.45) is 3.53. The van der Waals surface area contributed by atoms with E-state index in [9.17, 15) is 4.39 Å². The summed E-state index contributed by atoms with van der Waals surface area (Å²) >= 11 is 0. The number of hydrogen-bond donors (Lipinski definition) is 0. The van der Waals surface area contributed by atoms with E-state index in [1.165, 1.54) is 6.42 Å². The highest BCUT2D eigenvalue weighted by Gasteiger charge is 2.61. The van der Waals surface area contributed by atoms with Crippen molar-refractivity contribution in [3.63, 3.8) is 0 Å². The maximum absolute atomic E-state index is 14.1. The summed E-state index contributed by atoms with van der Waals surface area (Å²) in [5.41, 5.74) is -0.953. The number of fused-ring (bicyclic) bond motifs is 2. The molecule has 2 aliphatic rings. The third-order valence-corrected chi connectivity index (χ3v) is 4.48. The molecule has 1 heteroatoms. The Hall–Kier alpha value is -0.0700. The maximum atomic E-state index is 14.1. The molecule has 0 aromatic carbocycles. The van der Waals surface area contributed by atoms with Crippen LogP contribution in [0.1, 0.15) is 40.0 Å². The van der Waals surface area contributed by atoms with Gasteiger partial charge in [-0.2, -0.15) is 0 Å². The summed E-state index contributed by atoms with van der Waals surface area (Å²) in [5.74, 6) is 1.02. The zero-order chi connectivity index (χ0) is 8.28. The predicted molar refractivity (Wildman–Crippen MR) is 44.1 cm³/mol. The van der Waals surface area contributed by atoms with Gasteiger partial charge in [0.15, 0.2) is 0 Å². The Kier molecular flexibility index (Phi) is 1.24. The Morgan fingerprint density at radius 3 is 1.91 bits per heavy atom. The van der Waals surface area contributed by atoms with E-state index >= 15 is 0 Å². The maximum Gasteiger partial charge on any atom is 0.116 e. The van der Waals surface area contributed by atoms with Gasteiger partial charge in [-0.25, -0.2) is 4.39 Å². The summed E-state index contributed by atoms with van der Waals surface area (Å²) in [6.45, 7) is 5.99. The lowest BCUT2D eigenvalue weighted by Gasteiger charge is -2.41. The lowest BCUT2D eigenvalue weighted by Crippen LogP contribution is -2.42. The van der Waals surface area contributed by atoms with E-state index < -0.39 is 5.67 Å². The first kappa shape index (κ1) is 7.57. The Morgan fingerprint density at radius 2 is 1.64 bits per heavy atom. The van der Waals surface area contributed by atoms with Crippen LogP contribution in [0, 0.1) is 17.3 Å². The van der Waals surface area contributed by atoms with Gasteiger partial charge in [-0.1, -0.05) is 13.8 Å². The third-order valence-electron chi connectivity index (χ3n) is 4.48. The topological polar surface area (TPSA) is 0 Å². The van der Waals surface area contributed by atoms with Crippen molar-refractivity contribution < 1.29 is 4.39 Å². The SMILES string of the molecule is CC1(C)[C@H]2CC[C@H](C2)[C@]1(C)F. The average molecular weight is 156 g/mol. The van der Waals surface area contributed by atoms with E-state index in [0.29, 0.717) is 11.8 Å². The highest BCUT2D eigenvalue weighted by atomic mass is 19.1. The van der Waals surface area contributed by atoms with Crippen molar-refractivity contribution in [1.29, 1.82) is 0 Å². The molecule has 2 fully saturated rings. The lowest BCUT2D eigenvalue weighted by molar-refractivity contribution is -0.0175. The quantitative estimate of drug-likeness (QED) is 0.505. The molecule has 0 saturated heterocycles. The van der Waals surface area contributed by atoms with Crippen LogP contribution in [0.15, 0.2) is 0 Å². The molecule has 0 amide bonds. The lowest BCUT2D eigenvalue weighted by atomic mass is 9.67. The van der Waals surface area contributed by atoms with Gasteiger partial charge in [0.2, 0.25) is 0 Å². The van der Waals surface area contributed by atoms with Gasteiger partial charge in [0.05, 0.1) is 0 Å². The zero-order valence-corrected chi connectivity index (χ0v) is 7.65. The first-order valence-corrected chi connectivity index (χ1v) is 4.65. The number of halogens is 1. The molecule has 2 saturated carbocycles. The van der Waals surface area contributed by atoms with Crippen molar-refractivity contribution >= 4 is 0 Å². The number of alkyl halides is 1. The van der Waals surface area contributed by atoms with Gasteiger partial charge in [-0.15, -0.1) is 0 Å². The number of hydrogen-bond acceptors (Lipinski definition) is 0. The second-order valence-electron chi connectivity index (χ2n) is 5.00. The van der Waals surface area contributed by atoms with Crippen molar-refractivity contribution in [2.24, 2.45) is 17.3 Å². The predicted octanol–water partition coefficient (Wildman–Crippen LogP) is 3.17. The molecule has 0 nitrogen and oxygen atoms in total. The second-order valence-corrected chi connectivity index (χ2v) is 5.00. The molecule has 0 unspecified atom stereocenters. The van der Waals surface area contributed by atoms with E-state index in [4.69, 9.17) is 0 Å². The van der Waals surface area contributed by atoms with E-state index in [-0.39, 0.29) is 5.41 Å². The van der Waals surface area contributed by atoms with Crippen LogP contribution >= 0.6 is 0 Å². The molecule has 2 bridgehead atoms. The molecule has 2 rings (SSSR count). The van der Waals surface area contributed by atoms with Crippen LogP contribution in [-0.2, 0) is 0 Å². The van der Waals surface area contributed by atoms with Gasteiger partial charge < -0.3 is 0 Å². The van der Waals surface area contributed by atoms with Gasteiger partial charge in [0.25, 0.3) is 0 Å². The molecule has 3 atom stereocenters. The van der Waals surface area contributed by atoms with Crippen LogP contribution in [0.3, 0.4) is 0 Å². The van der Waals surface area contributed by atoms with Gasteiger partial charge >= 0.3 is 0 Å². The van der Waals surface area contributed by atoms with Gasteiger partial charge in [-0.05, 0) is 38.0 Å². The van der Waals surface area contributed by atoms with E-state index in [0.717, 1.165) is 12.8 Å². The van der Waals surface area contributed by atoms with E-state index in [1.807, 2.05) is 0 Å². The monoisotopic (exact) mass is 156 g/mol. The fourth-order valence-electron chi connectivity index (χ4n) is 3.05. The molecule has 0 aromatic heterocycles. The molecule has 0 radical (unpaired) electrons. The first-order valence-electron chi connectivity index (χ1n) is 4.65. The normalized spacial score (nSPS) is 53.5. The largest absolute Gasteiger partial charge is 0.243 e. The summed E-state index contributed by atoms with van der Waals surface area (Å²) in [6, 6.07) is 0. The minimum atomic E-state index is -0.893. The molecule has 2 aliphatic carbocycles. The smallest absolute Gasteiger partial charge is 0.116 e. The Labute approximate surface area is 68.2 Å². The van der Waals surface area contributed by atoms with Crippen LogP contribution in [0.25, 0.3) is 0 Å². The van der Waals surface area contributed by atoms with Crippen LogP contribution in [-0.4, -0.2) is 5.67 Å². The average Bonchev–Trinajstić information content (AvgIpc) is 2.37. The van der Waals surface area contributed by atoms with Gasteiger partial charge in [0, 0.05) is 5.41 Å². The number of rotatable bonds is 0. The second kappa shape index (κ2) is 1.81. The molecule has 0 N–H and O–H groups in total. The third kappa shape index (κ3) is 0.697. The molecule has 0 aromatic rings. The van der Waals surface area contributed by atoms with Crippen LogP contribution in [0.2, 0.25) is 0 Å². The van der Waals surface area contributed by atoms with Crippen molar-refractivity contribution in [1.82, 2.24) is 0 Å². The fourth-order valence-corrected chi connectivity index (χ4v) is 3.05. The Bertz CT molecular complexity index is 161. The van der Waals surface area contributed by atoms with Crippen LogP contribution in [0.5, 0.6) is 0 Å². The molecular weight excluding hydrogens is 139 g/mol. The summed E-state index contributed by atoms with van der Waals surface area (Å²) in [4.78, 5) is 0. The van der Waals surface area contributed by atoms with Crippen molar-refractivity contribution in [2.45, 2.75) is 45.7 Å². The highest BCUT2D eigenvalue weighted by molar-refractivity contribution is 5.09.